The van der Waals surface area contributed by atoms with Crippen LogP contribution in [-0.4, -0.2) is 43.1 Å². The van der Waals surface area contributed by atoms with Gasteiger partial charge in [0.2, 0.25) is 0 Å². The average molecular weight is 394 g/mol. The van der Waals surface area contributed by atoms with Gasteiger partial charge in [-0.2, -0.15) is 14.7 Å². The van der Waals surface area contributed by atoms with Gasteiger partial charge in [-0.3, -0.25) is 0 Å². The molecule has 29 heavy (non-hydrogen) atoms. The predicted molar refractivity (Wildman–Crippen MR) is 114 cm³/mol. The molecule has 0 spiro atoms. The van der Waals surface area contributed by atoms with Crippen LogP contribution in [0, 0.1) is 0 Å². The zero-order valence-corrected chi connectivity index (χ0v) is 18.3. The second-order valence-corrected chi connectivity index (χ2v) is 10.1. The van der Waals surface area contributed by atoms with Crippen molar-refractivity contribution in [3.05, 3.63) is 41.5 Å². The van der Waals surface area contributed by atoms with Crippen LogP contribution in [0.5, 0.6) is 0 Å². The highest BCUT2D eigenvalue weighted by atomic mass is 15.4. The predicted octanol–water partition coefficient (Wildman–Crippen LogP) is 3.89. The molecule has 0 atom stereocenters. The molecule has 0 bridgehead atoms. The van der Waals surface area contributed by atoms with E-state index in [1.54, 1.807) is 0 Å². The first-order chi connectivity index (χ1) is 13.6. The van der Waals surface area contributed by atoms with E-state index in [1.807, 2.05) is 10.6 Å². The molecule has 0 amide bonds. The van der Waals surface area contributed by atoms with Crippen LogP contribution in [0.2, 0.25) is 0 Å². The highest BCUT2D eigenvalue weighted by Crippen LogP contribution is 2.30. The van der Waals surface area contributed by atoms with Crippen molar-refractivity contribution >= 4 is 11.5 Å². The molecule has 1 aliphatic heterocycles. The van der Waals surface area contributed by atoms with Crippen LogP contribution in [0.1, 0.15) is 77.5 Å². The number of aromatic nitrogens is 6. The van der Waals surface area contributed by atoms with Crippen molar-refractivity contribution in [2.75, 3.05) is 18.0 Å². The van der Waals surface area contributed by atoms with Crippen molar-refractivity contribution in [3.8, 4) is 0 Å². The summed E-state index contributed by atoms with van der Waals surface area (Å²) in [5, 5.41) is 22.6. The van der Waals surface area contributed by atoms with Crippen LogP contribution >= 0.6 is 0 Å². The molecule has 0 unspecified atom stereocenters. The minimum Gasteiger partial charge on any atom is -0.355 e. The van der Waals surface area contributed by atoms with E-state index in [9.17, 15) is 0 Å². The largest absolute Gasteiger partial charge is 0.355 e. The maximum Gasteiger partial charge on any atom is 0.177 e. The van der Waals surface area contributed by atoms with Crippen molar-refractivity contribution in [3.63, 3.8) is 0 Å². The molecule has 0 aromatic carbocycles. The highest BCUT2D eigenvalue weighted by molar-refractivity contribution is 5.40. The Balaban J connectivity index is 1.50. The van der Waals surface area contributed by atoms with E-state index in [4.69, 9.17) is 5.10 Å². The smallest absolute Gasteiger partial charge is 0.177 e. The van der Waals surface area contributed by atoms with E-state index >= 15 is 0 Å². The van der Waals surface area contributed by atoms with E-state index in [-0.39, 0.29) is 10.8 Å². The summed E-state index contributed by atoms with van der Waals surface area (Å²) in [6, 6.07) is 8.26. The normalized spacial score (nSPS) is 16.6. The number of fused-ring (bicyclic) bond motifs is 1. The van der Waals surface area contributed by atoms with Gasteiger partial charge >= 0.3 is 0 Å². The van der Waals surface area contributed by atoms with Gasteiger partial charge in [-0.05, 0) is 37.1 Å². The number of hydrogen-bond acceptors (Lipinski definition) is 6. The first-order valence-electron chi connectivity index (χ1n) is 10.4. The molecule has 1 saturated heterocycles. The Morgan fingerprint density at radius 2 is 1.41 bits per heavy atom. The van der Waals surface area contributed by atoms with Gasteiger partial charge in [0.25, 0.3) is 0 Å². The average Bonchev–Trinajstić information content (AvgIpc) is 3.10. The third kappa shape index (κ3) is 3.95. The number of hydrogen-bond donors (Lipinski definition) is 0. The molecule has 1 fully saturated rings. The zero-order chi connectivity index (χ0) is 20.8. The lowest BCUT2D eigenvalue weighted by Crippen LogP contribution is -2.34. The summed E-state index contributed by atoms with van der Waals surface area (Å²) >= 11 is 0. The summed E-state index contributed by atoms with van der Waals surface area (Å²) in [4.78, 5) is 2.31. The Morgan fingerprint density at radius 3 is 2.00 bits per heavy atom. The van der Waals surface area contributed by atoms with Crippen LogP contribution in [0.4, 0.5) is 5.82 Å². The lowest BCUT2D eigenvalue weighted by molar-refractivity contribution is 0.469. The standard InChI is InChI=1S/C22H31N7/c1-21(2,3)16-7-9-18(24-23-16)28-13-11-15(12-14-28)20-26-25-19-10-8-17(22(4,5)6)27-29(19)20/h7-10,15H,11-14H2,1-6H3. The van der Waals surface area contributed by atoms with E-state index in [0.717, 1.165) is 54.6 Å². The Bertz CT molecular complexity index is 985. The summed E-state index contributed by atoms with van der Waals surface area (Å²) in [6.07, 6.45) is 2.01. The van der Waals surface area contributed by atoms with Gasteiger partial charge < -0.3 is 4.90 Å². The molecule has 0 aliphatic carbocycles. The fourth-order valence-corrected chi connectivity index (χ4v) is 3.72. The van der Waals surface area contributed by atoms with Gasteiger partial charge in [0.1, 0.15) is 0 Å². The molecule has 4 heterocycles. The van der Waals surface area contributed by atoms with Crippen molar-refractivity contribution in [1.29, 1.82) is 0 Å². The molecule has 4 rings (SSSR count). The van der Waals surface area contributed by atoms with Crippen molar-refractivity contribution in [2.45, 2.75) is 71.1 Å². The Morgan fingerprint density at radius 1 is 0.759 bits per heavy atom. The third-order valence-corrected chi connectivity index (χ3v) is 5.66. The summed E-state index contributed by atoms with van der Waals surface area (Å²) in [7, 11) is 0. The zero-order valence-electron chi connectivity index (χ0n) is 18.3. The van der Waals surface area contributed by atoms with Crippen molar-refractivity contribution in [1.82, 2.24) is 30.0 Å². The van der Waals surface area contributed by atoms with E-state index in [0.29, 0.717) is 5.92 Å². The molecule has 7 heteroatoms. The molecule has 0 radical (unpaired) electrons. The van der Waals surface area contributed by atoms with Crippen LogP contribution < -0.4 is 4.90 Å². The van der Waals surface area contributed by atoms with Gasteiger partial charge in [0, 0.05) is 29.8 Å². The molecule has 0 N–H and O–H groups in total. The van der Waals surface area contributed by atoms with Crippen LogP contribution in [-0.2, 0) is 10.8 Å². The topological polar surface area (TPSA) is 72.1 Å². The molecular weight excluding hydrogens is 362 g/mol. The molecular formula is C22H31N7. The summed E-state index contributed by atoms with van der Waals surface area (Å²) in [5.41, 5.74) is 2.91. The molecule has 1 aliphatic rings. The van der Waals surface area contributed by atoms with Gasteiger partial charge in [0.15, 0.2) is 17.3 Å². The molecule has 7 nitrogen and oxygen atoms in total. The van der Waals surface area contributed by atoms with Gasteiger partial charge in [-0.25, -0.2) is 0 Å². The van der Waals surface area contributed by atoms with Gasteiger partial charge in [-0.1, -0.05) is 41.5 Å². The summed E-state index contributed by atoms with van der Waals surface area (Å²) in [6.45, 7) is 14.9. The molecule has 3 aromatic rings. The van der Waals surface area contributed by atoms with Gasteiger partial charge in [-0.15, -0.1) is 15.3 Å². The first kappa shape index (κ1) is 19.7. The lowest BCUT2D eigenvalue weighted by Gasteiger charge is -2.32. The van der Waals surface area contributed by atoms with Crippen LogP contribution in [0.3, 0.4) is 0 Å². The van der Waals surface area contributed by atoms with Crippen LogP contribution in [0.25, 0.3) is 5.65 Å². The lowest BCUT2D eigenvalue weighted by atomic mass is 9.92. The van der Waals surface area contributed by atoms with Crippen molar-refractivity contribution in [2.24, 2.45) is 0 Å². The van der Waals surface area contributed by atoms with E-state index < -0.39 is 0 Å². The first-order valence-corrected chi connectivity index (χ1v) is 10.4. The second kappa shape index (κ2) is 7.04. The Labute approximate surface area is 172 Å². The fraction of sp³-hybridized carbons (Fsp3) is 0.591. The summed E-state index contributed by atoms with van der Waals surface area (Å²) in [5.74, 6) is 2.28. The third-order valence-electron chi connectivity index (χ3n) is 5.66. The molecule has 3 aromatic heterocycles. The Hall–Kier alpha value is -2.57. The molecule has 154 valence electrons. The quantitative estimate of drug-likeness (QED) is 0.658. The molecule has 0 saturated carbocycles. The van der Waals surface area contributed by atoms with Crippen LogP contribution in [0.15, 0.2) is 24.3 Å². The number of anilines is 1. The second-order valence-electron chi connectivity index (χ2n) is 10.1. The van der Waals surface area contributed by atoms with Crippen molar-refractivity contribution < 1.29 is 0 Å². The highest BCUT2D eigenvalue weighted by Gasteiger charge is 2.27. The van der Waals surface area contributed by atoms with E-state index in [2.05, 4.69) is 85.0 Å². The Kier molecular flexibility index (Phi) is 4.79. The summed E-state index contributed by atoms with van der Waals surface area (Å²) < 4.78 is 1.94. The fourth-order valence-electron chi connectivity index (χ4n) is 3.72. The number of rotatable bonds is 2. The minimum absolute atomic E-state index is 0.00300. The maximum atomic E-state index is 4.85. The minimum atomic E-state index is -0.00300. The monoisotopic (exact) mass is 393 g/mol. The maximum absolute atomic E-state index is 4.85. The van der Waals surface area contributed by atoms with E-state index in [1.165, 1.54) is 0 Å². The van der Waals surface area contributed by atoms with Gasteiger partial charge in [0.05, 0.1) is 11.4 Å². The number of nitrogens with zero attached hydrogens (tertiary/aromatic N) is 7. The number of piperidine rings is 1. The SMILES string of the molecule is CC(C)(C)c1ccc(N2CCC(c3nnc4ccc(C(C)(C)C)nn34)CC2)nn1.